The van der Waals surface area contributed by atoms with E-state index in [4.69, 9.17) is 5.11 Å². The first-order valence-corrected chi connectivity index (χ1v) is 6.01. The first-order chi connectivity index (χ1) is 9.52. The number of amides is 1. The summed E-state index contributed by atoms with van der Waals surface area (Å²) in [5, 5.41) is 11.2. The van der Waals surface area contributed by atoms with E-state index in [1.165, 1.54) is 0 Å². The molecule has 0 aliphatic rings. The van der Waals surface area contributed by atoms with Gasteiger partial charge in [0.25, 0.3) is 0 Å². The van der Waals surface area contributed by atoms with Crippen LogP contribution >= 0.6 is 0 Å². The molecule has 0 spiro atoms. The van der Waals surface area contributed by atoms with Crippen LogP contribution in [0.25, 0.3) is 0 Å². The summed E-state index contributed by atoms with van der Waals surface area (Å²) in [5.41, 5.74) is 0.877. The maximum absolute atomic E-state index is 11.7. The van der Waals surface area contributed by atoms with Crippen LogP contribution in [0.5, 0.6) is 0 Å². The molecular formula is C13H16N2O5. The van der Waals surface area contributed by atoms with Crippen molar-refractivity contribution in [3.63, 3.8) is 0 Å². The summed E-state index contributed by atoms with van der Waals surface area (Å²) in [5.74, 6) is -2.40. The predicted octanol–water partition coefficient (Wildman–Crippen LogP) is 0.147. The number of aryl methyl sites for hydroxylation is 1. The number of aliphatic carboxylic acids is 1. The lowest BCUT2D eigenvalue weighted by Gasteiger charge is -2.13. The monoisotopic (exact) mass is 280 g/mol. The van der Waals surface area contributed by atoms with Crippen LogP contribution in [0.15, 0.2) is 24.5 Å². The van der Waals surface area contributed by atoms with Crippen molar-refractivity contribution in [2.24, 2.45) is 0 Å². The number of hydrogen-bond acceptors (Lipinski definition) is 5. The van der Waals surface area contributed by atoms with E-state index >= 15 is 0 Å². The molecule has 1 aromatic rings. The third-order valence-electron chi connectivity index (χ3n) is 2.60. The van der Waals surface area contributed by atoms with Crippen LogP contribution in [-0.4, -0.2) is 41.1 Å². The average Bonchev–Trinajstić information content (AvgIpc) is 2.45. The first kappa shape index (κ1) is 15.6. The van der Waals surface area contributed by atoms with Crippen LogP contribution < -0.4 is 5.32 Å². The normalized spacial score (nSPS) is 11.4. The molecule has 1 amide bonds. The van der Waals surface area contributed by atoms with E-state index in [-0.39, 0.29) is 6.42 Å². The number of nitrogens with one attached hydrogen (secondary N) is 1. The second kappa shape index (κ2) is 7.88. The van der Waals surface area contributed by atoms with Crippen LogP contribution in [-0.2, 0) is 25.5 Å². The van der Waals surface area contributed by atoms with Gasteiger partial charge < -0.3 is 15.2 Å². The lowest BCUT2D eigenvalue weighted by atomic mass is 10.1. The van der Waals surface area contributed by atoms with E-state index in [1.807, 2.05) is 6.07 Å². The molecule has 1 heterocycles. The summed E-state index contributed by atoms with van der Waals surface area (Å²) in [6.07, 6.45) is 3.43. The van der Waals surface area contributed by atoms with Crippen LogP contribution in [0.4, 0.5) is 0 Å². The number of nitrogens with zero attached hydrogens (tertiary/aromatic N) is 1. The van der Waals surface area contributed by atoms with Crippen molar-refractivity contribution in [3.05, 3.63) is 30.1 Å². The number of esters is 1. The molecular weight excluding hydrogens is 264 g/mol. The highest BCUT2D eigenvalue weighted by atomic mass is 16.5. The molecule has 20 heavy (non-hydrogen) atoms. The Balaban J connectivity index is 2.46. The fourth-order valence-corrected chi connectivity index (χ4v) is 1.52. The van der Waals surface area contributed by atoms with Gasteiger partial charge in [-0.05, 0) is 18.1 Å². The zero-order valence-electron chi connectivity index (χ0n) is 11.0. The van der Waals surface area contributed by atoms with Crippen molar-refractivity contribution in [2.45, 2.75) is 25.3 Å². The third kappa shape index (κ3) is 5.47. The smallest absolute Gasteiger partial charge is 0.326 e. The number of methoxy groups -OCH3 is 1. The number of hydrogen-bond donors (Lipinski definition) is 2. The quantitative estimate of drug-likeness (QED) is 0.688. The zero-order valence-corrected chi connectivity index (χ0v) is 11.0. The second-order valence-corrected chi connectivity index (χ2v) is 4.10. The summed E-state index contributed by atoms with van der Waals surface area (Å²) >= 11 is 0. The molecule has 0 unspecified atom stereocenters. The molecule has 0 aliphatic carbocycles. The number of rotatable bonds is 7. The maximum atomic E-state index is 11.7. The van der Waals surface area contributed by atoms with E-state index in [0.29, 0.717) is 6.42 Å². The van der Waals surface area contributed by atoms with Gasteiger partial charge >= 0.3 is 11.9 Å². The lowest BCUT2D eigenvalue weighted by molar-refractivity contribution is -0.148. The van der Waals surface area contributed by atoms with Gasteiger partial charge in [-0.2, -0.15) is 0 Å². The summed E-state index contributed by atoms with van der Waals surface area (Å²) in [7, 11) is 1.16. The minimum absolute atomic E-state index is 0.122. The Morgan fingerprint density at radius 2 is 2.20 bits per heavy atom. The number of carboxylic acids is 1. The Morgan fingerprint density at radius 3 is 2.75 bits per heavy atom. The van der Waals surface area contributed by atoms with E-state index in [2.05, 4.69) is 15.0 Å². The van der Waals surface area contributed by atoms with E-state index < -0.39 is 30.3 Å². The topological polar surface area (TPSA) is 106 Å². The molecule has 7 nitrogen and oxygen atoms in total. The van der Waals surface area contributed by atoms with Crippen molar-refractivity contribution >= 4 is 17.8 Å². The van der Waals surface area contributed by atoms with Crippen LogP contribution in [0.2, 0.25) is 0 Å². The van der Waals surface area contributed by atoms with Crippen LogP contribution in [0.3, 0.4) is 0 Å². The second-order valence-electron chi connectivity index (χ2n) is 4.10. The number of ether oxygens (including phenoxy) is 1. The predicted molar refractivity (Wildman–Crippen MR) is 68.8 cm³/mol. The molecule has 2 N–H and O–H groups in total. The van der Waals surface area contributed by atoms with E-state index in [1.54, 1.807) is 18.5 Å². The molecule has 0 radical (unpaired) electrons. The minimum Gasteiger partial charge on any atom is -0.480 e. The fraction of sp³-hybridized carbons (Fsp3) is 0.385. The molecule has 108 valence electrons. The summed E-state index contributed by atoms with van der Waals surface area (Å²) in [6, 6.07) is 2.30. The Labute approximate surface area is 116 Å². The average molecular weight is 280 g/mol. The summed E-state index contributed by atoms with van der Waals surface area (Å²) in [6.45, 7) is 0. The Morgan fingerprint density at radius 1 is 1.45 bits per heavy atom. The van der Waals surface area contributed by atoms with Gasteiger partial charge in [0.15, 0.2) is 0 Å². The molecule has 1 rings (SSSR count). The van der Waals surface area contributed by atoms with Gasteiger partial charge in [-0.1, -0.05) is 6.07 Å². The van der Waals surface area contributed by atoms with Crippen molar-refractivity contribution in [3.8, 4) is 0 Å². The number of aromatic nitrogens is 1. The van der Waals surface area contributed by atoms with Crippen molar-refractivity contribution in [1.82, 2.24) is 10.3 Å². The van der Waals surface area contributed by atoms with Gasteiger partial charge in [0.2, 0.25) is 5.91 Å². The molecule has 7 heteroatoms. The number of carbonyl (C=O) groups is 3. The van der Waals surface area contributed by atoms with E-state index in [0.717, 1.165) is 12.7 Å². The molecule has 1 atom stereocenters. The highest BCUT2D eigenvalue weighted by Gasteiger charge is 2.23. The summed E-state index contributed by atoms with van der Waals surface area (Å²) < 4.78 is 4.38. The summed E-state index contributed by atoms with van der Waals surface area (Å²) in [4.78, 5) is 37.5. The molecule has 1 aromatic heterocycles. The van der Waals surface area contributed by atoms with Crippen LogP contribution in [0, 0.1) is 0 Å². The van der Waals surface area contributed by atoms with Gasteiger partial charge in [-0.15, -0.1) is 0 Å². The number of carbonyl (C=O) groups excluding carboxylic acids is 2. The number of pyridine rings is 1. The molecule has 0 aliphatic heterocycles. The SMILES string of the molecule is COC(=O)C[C@H](NC(=O)CCc1cccnc1)C(=O)O. The molecule has 0 aromatic carbocycles. The molecule has 0 saturated heterocycles. The zero-order chi connectivity index (χ0) is 15.0. The molecule has 0 saturated carbocycles. The van der Waals surface area contributed by atoms with Gasteiger partial charge in [0.1, 0.15) is 6.04 Å². The van der Waals surface area contributed by atoms with Crippen molar-refractivity contribution in [1.29, 1.82) is 0 Å². The van der Waals surface area contributed by atoms with Gasteiger partial charge in [-0.25, -0.2) is 4.79 Å². The highest BCUT2D eigenvalue weighted by Crippen LogP contribution is 2.02. The highest BCUT2D eigenvalue weighted by molar-refractivity contribution is 5.87. The Bertz CT molecular complexity index is 475. The molecule has 0 fully saturated rings. The maximum Gasteiger partial charge on any atom is 0.326 e. The lowest BCUT2D eigenvalue weighted by Crippen LogP contribution is -2.42. The van der Waals surface area contributed by atoms with E-state index in [9.17, 15) is 14.4 Å². The third-order valence-corrected chi connectivity index (χ3v) is 2.60. The molecule has 0 bridgehead atoms. The minimum atomic E-state index is -1.27. The van der Waals surface area contributed by atoms with Crippen molar-refractivity contribution < 1.29 is 24.2 Å². The van der Waals surface area contributed by atoms with Gasteiger partial charge in [0.05, 0.1) is 13.5 Å². The van der Waals surface area contributed by atoms with Gasteiger partial charge in [0, 0.05) is 18.8 Å². The van der Waals surface area contributed by atoms with Crippen molar-refractivity contribution in [2.75, 3.05) is 7.11 Å². The Kier molecular flexibility index (Phi) is 6.15. The van der Waals surface area contributed by atoms with Crippen LogP contribution in [0.1, 0.15) is 18.4 Å². The standard InChI is InChI=1S/C13H16N2O5/c1-20-12(17)7-10(13(18)19)15-11(16)5-4-9-3-2-6-14-8-9/h2-3,6,8,10H,4-5,7H2,1H3,(H,15,16)(H,18,19)/t10-/m0/s1. The first-order valence-electron chi connectivity index (χ1n) is 6.01. The fourth-order valence-electron chi connectivity index (χ4n) is 1.52. The Hall–Kier alpha value is -2.44. The largest absolute Gasteiger partial charge is 0.480 e. The van der Waals surface area contributed by atoms with Gasteiger partial charge in [-0.3, -0.25) is 14.6 Å². The number of carboxylic acid groups (broad SMARTS) is 1.